The minimum Gasteiger partial charge on any atom is -0.484 e. The number of carbonyl (C=O) groups excluding carboxylic acids is 2. The summed E-state index contributed by atoms with van der Waals surface area (Å²) in [5.41, 5.74) is 1.17. The Bertz CT molecular complexity index is 836. The number of non-ortho nitro benzene ring substituents is 1. The predicted octanol–water partition coefficient (Wildman–Crippen LogP) is 1.90. The van der Waals surface area contributed by atoms with Gasteiger partial charge in [-0.25, -0.2) is 0 Å². The first-order valence-corrected chi connectivity index (χ1v) is 8.56. The zero-order chi connectivity index (χ0) is 20.5. The fourth-order valence-electron chi connectivity index (χ4n) is 2.19. The molecule has 148 valence electrons. The number of likely N-dealkylation sites (N-methyl/N-ethyl adjacent to an activating group) is 1. The summed E-state index contributed by atoms with van der Waals surface area (Å²) >= 11 is 0. The Labute approximate surface area is 162 Å². The van der Waals surface area contributed by atoms with Crippen molar-refractivity contribution >= 4 is 23.2 Å². The van der Waals surface area contributed by atoms with Gasteiger partial charge in [0, 0.05) is 50.6 Å². The van der Waals surface area contributed by atoms with Crippen LogP contribution in [0.5, 0.6) is 5.75 Å². The molecule has 2 aromatic rings. The summed E-state index contributed by atoms with van der Waals surface area (Å²) in [6.07, 6.45) is 0. The van der Waals surface area contributed by atoms with Crippen LogP contribution < -0.4 is 15.4 Å². The van der Waals surface area contributed by atoms with Crippen LogP contribution in [0, 0.1) is 10.1 Å². The van der Waals surface area contributed by atoms with Gasteiger partial charge in [-0.15, -0.1) is 0 Å². The molecule has 0 saturated carbocycles. The molecular weight excluding hydrogens is 364 g/mol. The smallest absolute Gasteiger partial charge is 0.269 e. The van der Waals surface area contributed by atoms with Gasteiger partial charge in [0.25, 0.3) is 17.5 Å². The molecule has 2 rings (SSSR count). The van der Waals surface area contributed by atoms with Crippen molar-refractivity contribution in [3.8, 4) is 5.75 Å². The van der Waals surface area contributed by atoms with Gasteiger partial charge in [-0.1, -0.05) is 6.07 Å². The molecule has 0 saturated heterocycles. The van der Waals surface area contributed by atoms with E-state index in [0.717, 1.165) is 5.69 Å². The fraction of sp³-hybridized carbons (Fsp3) is 0.263. The monoisotopic (exact) mass is 386 g/mol. The molecule has 0 bridgehead atoms. The molecule has 0 aliphatic heterocycles. The van der Waals surface area contributed by atoms with Gasteiger partial charge >= 0.3 is 0 Å². The van der Waals surface area contributed by atoms with Crippen LogP contribution in [-0.4, -0.2) is 55.4 Å². The van der Waals surface area contributed by atoms with Gasteiger partial charge < -0.3 is 20.3 Å². The summed E-state index contributed by atoms with van der Waals surface area (Å²) in [5.74, 6) is -0.00564. The van der Waals surface area contributed by atoms with Crippen LogP contribution in [0.3, 0.4) is 0 Å². The van der Waals surface area contributed by atoms with Gasteiger partial charge in [0.2, 0.25) is 0 Å². The van der Waals surface area contributed by atoms with Crippen molar-refractivity contribution < 1.29 is 19.2 Å². The fourth-order valence-corrected chi connectivity index (χ4v) is 2.19. The number of anilines is 1. The van der Waals surface area contributed by atoms with E-state index in [4.69, 9.17) is 4.74 Å². The standard InChI is InChI=1S/C19H22N4O5/c1-22(2)18(24)13-28-17-5-3-4-14(12-17)19(25)21-11-10-20-15-6-8-16(9-7-15)23(26)27/h3-9,12,20H,10-11,13H2,1-2H3,(H,21,25). The molecule has 2 N–H and O–H groups in total. The molecule has 2 aromatic carbocycles. The SMILES string of the molecule is CN(C)C(=O)COc1cccc(C(=O)NCCNc2ccc([N+](=O)[O-])cc2)c1. The molecule has 2 amide bonds. The van der Waals surface area contributed by atoms with Crippen molar-refractivity contribution in [3.63, 3.8) is 0 Å². The Morgan fingerprint density at radius 1 is 1.11 bits per heavy atom. The third-order valence-corrected chi connectivity index (χ3v) is 3.78. The van der Waals surface area contributed by atoms with Crippen molar-refractivity contribution in [1.82, 2.24) is 10.2 Å². The Kier molecular flexibility index (Phi) is 7.32. The number of rotatable bonds is 9. The first-order valence-electron chi connectivity index (χ1n) is 8.56. The van der Waals surface area contributed by atoms with E-state index < -0.39 is 4.92 Å². The van der Waals surface area contributed by atoms with E-state index in [2.05, 4.69) is 10.6 Å². The Morgan fingerprint density at radius 2 is 1.82 bits per heavy atom. The van der Waals surface area contributed by atoms with Crippen molar-refractivity contribution in [3.05, 3.63) is 64.2 Å². The minimum absolute atomic E-state index is 0.0215. The number of hydrogen-bond acceptors (Lipinski definition) is 6. The summed E-state index contributed by atoms with van der Waals surface area (Å²) in [6.45, 7) is 0.717. The molecule has 0 atom stereocenters. The van der Waals surface area contributed by atoms with E-state index in [-0.39, 0.29) is 24.1 Å². The van der Waals surface area contributed by atoms with E-state index in [0.29, 0.717) is 24.4 Å². The van der Waals surface area contributed by atoms with Gasteiger partial charge in [0.05, 0.1) is 4.92 Å². The second-order valence-electron chi connectivity index (χ2n) is 6.09. The van der Waals surface area contributed by atoms with Gasteiger partial charge in [0.1, 0.15) is 5.75 Å². The van der Waals surface area contributed by atoms with Crippen LogP contribution in [0.4, 0.5) is 11.4 Å². The van der Waals surface area contributed by atoms with Crippen LogP contribution >= 0.6 is 0 Å². The number of nitrogens with zero attached hydrogens (tertiary/aromatic N) is 2. The highest BCUT2D eigenvalue weighted by Crippen LogP contribution is 2.15. The summed E-state index contributed by atoms with van der Waals surface area (Å²) in [7, 11) is 3.28. The van der Waals surface area contributed by atoms with Crippen LogP contribution in [0.2, 0.25) is 0 Å². The molecule has 0 fully saturated rings. The number of carbonyl (C=O) groups is 2. The minimum atomic E-state index is -0.460. The quantitative estimate of drug-likeness (QED) is 0.387. The van der Waals surface area contributed by atoms with Gasteiger partial charge in [-0.2, -0.15) is 0 Å². The lowest BCUT2D eigenvalue weighted by molar-refractivity contribution is -0.384. The van der Waals surface area contributed by atoms with Crippen LogP contribution in [0.15, 0.2) is 48.5 Å². The van der Waals surface area contributed by atoms with Crippen LogP contribution in [0.25, 0.3) is 0 Å². The largest absolute Gasteiger partial charge is 0.484 e. The summed E-state index contributed by atoms with van der Waals surface area (Å²) in [5, 5.41) is 16.5. The number of nitrogens with one attached hydrogen (secondary N) is 2. The molecule has 0 spiro atoms. The lowest BCUT2D eigenvalue weighted by atomic mass is 10.2. The van der Waals surface area contributed by atoms with E-state index in [1.54, 1.807) is 50.5 Å². The van der Waals surface area contributed by atoms with Gasteiger partial charge in [0.15, 0.2) is 6.61 Å². The molecule has 0 heterocycles. The van der Waals surface area contributed by atoms with E-state index >= 15 is 0 Å². The second-order valence-corrected chi connectivity index (χ2v) is 6.09. The Morgan fingerprint density at radius 3 is 2.46 bits per heavy atom. The molecule has 28 heavy (non-hydrogen) atoms. The molecule has 0 aliphatic carbocycles. The maximum Gasteiger partial charge on any atom is 0.269 e. The molecule has 0 aliphatic rings. The first-order chi connectivity index (χ1) is 13.4. The lowest BCUT2D eigenvalue weighted by Crippen LogP contribution is -2.29. The maximum atomic E-state index is 12.2. The van der Waals surface area contributed by atoms with Gasteiger partial charge in [-0.3, -0.25) is 19.7 Å². The average molecular weight is 386 g/mol. The highest BCUT2D eigenvalue weighted by molar-refractivity contribution is 5.94. The van der Waals surface area contributed by atoms with Crippen molar-refractivity contribution in [2.75, 3.05) is 39.1 Å². The van der Waals surface area contributed by atoms with Crippen molar-refractivity contribution in [1.29, 1.82) is 0 Å². The van der Waals surface area contributed by atoms with E-state index in [1.165, 1.54) is 17.0 Å². The third-order valence-electron chi connectivity index (χ3n) is 3.78. The molecule has 0 aromatic heterocycles. The van der Waals surface area contributed by atoms with Crippen molar-refractivity contribution in [2.45, 2.75) is 0 Å². The maximum absolute atomic E-state index is 12.2. The molecule has 9 nitrogen and oxygen atoms in total. The summed E-state index contributed by atoms with van der Waals surface area (Å²) in [6, 6.07) is 12.6. The van der Waals surface area contributed by atoms with E-state index in [9.17, 15) is 19.7 Å². The van der Waals surface area contributed by atoms with Crippen LogP contribution in [0.1, 0.15) is 10.4 Å². The highest BCUT2D eigenvalue weighted by Gasteiger charge is 2.09. The summed E-state index contributed by atoms with van der Waals surface area (Å²) < 4.78 is 5.40. The molecule has 9 heteroatoms. The number of amides is 2. The zero-order valence-corrected chi connectivity index (χ0v) is 15.7. The zero-order valence-electron chi connectivity index (χ0n) is 15.7. The highest BCUT2D eigenvalue weighted by atomic mass is 16.6. The number of nitro benzene ring substituents is 1. The van der Waals surface area contributed by atoms with Crippen molar-refractivity contribution in [2.24, 2.45) is 0 Å². The molecule has 0 radical (unpaired) electrons. The number of benzene rings is 2. The normalized spacial score (nSPS) is 10.1. The average Bonchev–Trinajstić information content (AvgIpc) is 2.69. The second kappa shape index (κ2) is 9.91. The Hall–Kier alpha value is -3.62. The molecular formula is C19H22N4O5. The lowest BCUT2D eigenvalue weighted by Gasteiger charge is -2.12. The number of nitro groups is 1. The topological polar surface area (TPSA) is 114 Å². The predicted molar refractivity (Wildman–Crippen MR) is 105 cm³/mol. The van der Waals surface area contributed by atoms with E-state index in [1.807, 2.05) is 0 Å². The first kappa shape index (κ1) is 20.7. The Balaban J connectivity index is 1.78. The van der Waals surface area contributed by atoms with Gasteiger partial charge in [-0.05, 0) is 30.3 Å². The van der Waals surface area contributed by atoms with Crippen LogP contribution in [-0.2, 0) is 4.79 Å². The third kappa shape index (κ3) is 6.27. The summed E-state index contributed by atoms with van der Waals surface area (Å²) in [4.78, 5) is 35.4. The molecule has 0 unspecified atom stereocenters. The number of hydrogen-bond donors (Lipinski definition) is 2. The number of ether oxygens (including phenoxy) is 1.